The maximum absolute atomic E-state index is 11.2. The van der Waals surface area contributed by atoms with Gasteiger partial charge >= 0.3 is 0 Å². The number of guanidine groups is 1. The summed E-state index contributed by atoms with van der Waals surface area (Å²) in [6.45, 7) is 4.00. The van der Waals surface area contributed by atoms with Crippen LogP contribution in [-0.2, 0) is 14.8 Å². The van der Waals surface area contributed by atoms with Crippen LogP contribution >= 0.6 is 0 Å². The molecule has 8 heteroatoms. The average molecular weight is 292 g/mol. The molecule has 1 aliphatic rings. The standard InChI is InChI=1S/C11H24N4O3S/c1-2-19(16,17)15-7-4-6-13-11(12)14-9-10-5-3-8-18-10/h10,15H,2-9H2,1H3,(H3,12,13,14). The number of nitrogens with two attached hydrogens (primary N) is 1. The fraction of sp³-hybridized carbons (Fsp3) is 0.909. The van der Waals surface area contributed by atoms with Crippen molar-refractivity contribution in [3.8, 4) is 0 Å². The van der Waals surface area contributed by atoms with Gasteiger partial charge in [-0.25, -0.2) is 13.1 Å². The van der Waals surface area contributed by atoms with Crippen molar-refractivity contribution in [2.45, 2.75) is 32.3 Å². The number of hydrogen-bond donors (Lipinski definition) is 3. The van der Waals surface area contributed by atoms with Gasteiger partial charge in [-0.05, 0) is 26.2 Å². The van der Waals surface area contributed by atoms with Gasteiger partial charge in [-0.1, -0.05) is 0 Å². The van der Waals surface area contributed by atoms with E-state index in [9.17, 15) is 8.42 Å². The molecular weight excluding hydrogens is 268 g/mol. The van der Waals surface area contributed by atoms with Gasteiger partial charge in [0.1, 0.15) is 0 Å². The molecule has 0 saturated carbocycles. The van der Waals surface area contributed by atoms with Gasteiger partial charge in [0.15, 0.2) is 5.96 Å². The molecule has 0 radical (unpaired) electrons. The van der Waals surface area contributed by atoms with Crippen molar-refractivity contribution in [1.29, 1.82) is 0 Å². The molecule has 0 bridgehead atoms. The minimum atomic E-state index is -3.10. The minimum absolute atomic E-state index is 0.103. The van der Waals surface area contributed by atoms with Crippen LogP contribution in [0.3, 0.4) is 0 Å². The summed E-state index contributed by atoms with van der Waals surface area (Å²) in [7, 11) is -3.10. The zero-order valence-corrected chi connectivity index (χ0v) is 12.2. The number of aliphatic imine (C=N–C) groups is 1. The number of rotatable bonds is 8. The van der Waals surface area contributed by atoms with Crippen molar-refractivity contribution in [2.24, 2.45) is 10.7 Å². The lowest BCUT2D eigenvalue weighted by Gasteiger charge is -2.08. The number of nitrogens with zero attached hydrogens (tertiary/aromatic N) is 1. The van der Waals surface area contributed by atoms with E-state index in [0.717, 1.165) is 19.4 Å². The Balaban J connectivity index is 2.06. The van der Waals surface area contributed by atoms with Gasteiger partial charge in [0.2, 0.25) is 10.0 Å². The molecule has 1 fully saturated rings. The molecule has 0 spiro atoms. The molecule has 112 valence electrons. The molecule has 19 heavy (non-hydrogen) atoms. The zero-order valence-electron chi connectivity index (χ0n) is 11.4. The first kappa shape index (κ1) is 16.2. The first-order valence-electron chi connectivity index (χ1n) is 6.66. The van der Waals surface area contributed by atoms with Gasteiger partial charge < -0.3 is 15.8 Å². The Morgan fingerprint density at radius 1 is 1.47 bits per heavy atom. The van der Waals surface area contributed by atoms with Gasteiger partial charge in [0.25, 0.3) is 0 Å². The molecule has 4 N–H and O–H groups in total. The van der Waals surface area contributed by atoms with Crippen molar-refractivity contribution in [3.63, 3.8) is 0 Å². The predicted octanol–water partition coefficient (Wildman–Crippen LogP) is -0.601. The Kier molecular flexibility index (Phi) is 7.11. The smallest absolute Gasteiger partial charge is 0.211 e. The minimum Gasteiger partial charge on any atom is -0.376 e. The first-order chi connectivity index (χ1) is 9.03. The molecule has 1 saturated heterocycles. The summed E-state index contributed by atoms with van der Waals surface area (Å²) >= 11 is 0. The number of sulfonamides is 1. The van der Waals surface area contributed by atoms with Crippen LogP contribution in [0.5, 0.6) is 0 Å². The molecule has 1 rings (SSSR count). The second-order valence-electron chi connectivity index (χ2n) is 4.44. The quantitative estimate of drug-likeness (QED) is 0.315. The molecule has 0 amide bonds. The van der Waals surface area contributed by atoms with Gasteiger partial charge in [-0.15, -0.1) is 0 Å². The topological polar surface area (TPSA) is 106 Å². The monoisotopic (exact) mass is 292 g/mol. The highest BCUT2D eigenvalue weighted by molar-refractivity contribution is 7.89. The van der Waals surface area contributed by atoms with Crippen LogP contribution < -0.4 is 15.8 Å². The molecule has 0 aromatic carbocycles. The lowest BCUT2D eigenvalue weighted by molar-refractivity contribution is 0.118. The van der Waals surface area contributed by atoms with E-state index in [1.165, 1.54) is 0 Å². The SMILES string of the molecule is CCS(=O)(=O)NCCCNC(N)=NCC1CCCO1. The van der Waals surface area contributed by atoms with Gasteiger partial charge in [-0.3, -0.25) is 4.99 Å². The highest BCUT2D eigenvalue weighted by atomic mass is 32.2. The molecule has 0 aliphatic carbocycles. The van der Waals surface area contributed by atoms with E-state index in [-0.39, 0.29) is 11.9 Å². The van der Waals surface area contributed by atoms with Crippen LogP contribution in [0, 0.1) is 0 Å². The lowest BCUT2D eigenvalue weighted by Crippen LogP contribution is -2.35. The van der Waals surface area contributed by atoms with E-state index >= 15 is 0 Å². The van der Waals surface area contributed by atoms with E-state index in [0.29, 0.717) is 32.0 Å². The van der Waals surface area contributed by atoms with Gasteiger partial charge in [0.05, 0.1) is 18.4 Å². The van der Waals surface area contributed by atoms with Gasteiger partial charge in [0, 0.05) is 19.7 Å². The molecule has 1 aliphatic heterocycles. The number of ether oxygens (including phenoxy) is 1. The van der Waals surface area contributed by atoms with E-state index < -0.39 is 10.0 Å². The van der Waals surface area contributed by atoms with E-state index in [2.05, 4.69) is 15.0 Å². The van der Waals surface area contributed by atoms with Crippen LogP contribution in [0.25, 0.3) is 0 Å². The maximum Gasteiger partial charge on any atom is 0.211 e. The van der Waals surface area contributed by atoms with Crippen molar-refractivity contribution in [3.05, 3.63) is 0 Å². The van der Waals surface area contributed by atoms with Crippen LogP contribution in [-0.4, -0.2) is 52.5 Å². The summed E-state index contributed by atoms with van der Waals surface area (Å²) in [5.41, 5.74) is 5.69. The molecule has 1 unspecified atom stereocenters. The Morgan fingerprint density at radius 3 is 2.89 bits per heavy atom. The summed E-state index contributed by atoms with van der Waals surface area (Å²) in [4.78, 5) is 4.19. The Bertz CT molecular complexity index is 377. The van der Waals surface area contributed by atoms with Crippen molar-refractivity contribution >= 4 is 16.0 Å². The van der Waals surface area contributed by atoms with Crippen molar-refractivity contribution < 1.29 is 13.2 Å². The first-order valence-corrected chi connectivity index (χ1v) is 8.31. The molecule has 1 atom stereocenters. The van der Waals surface area contributed by atoms with E-state index in [1.54, 1.807) is 6.92 Å². The fourth-order valence-electron chi connectivity index (χ4n) is 1.68. The highest BCUT2D eigenvalue weighted by Gasteiger charge is 2.14. The van der Waals surface area contributed by atoms with Crippen LogP contribution in [0.2, 0.25) is 0 Å². The third kappa shape index (κ3) is 7.34. The van der Waals surface area contributed by atoms with Crippen LogP contribution in [0.15, 0.2) is 4.99 Å². The fourth-order valence-corrected chi connectivity index (χ4v) is 2.34. The van der Waals surface area contributed by atoms with E-state index in [4.69, 9.17) is 10.5 Å². The summed E-state index contributed by atoms with van der Waals surface area (Å²) in [6, 6.07) is 0. The normalized spacial score (nSPS) is 20.7. The van der Waals surface area contributed by atoms with Crippen LogP contribution in [0.1, 0.15) is 26.2 Å². The average Bonchev–Trinajstić information content (AvgIpc) is 2.89. The third-order valence-electron chi connectivity index (χ3n) is 2.85. The number of hydrogen-bond acceptors (Lipinski definition) is 4. The van der Waals surface area contributed by atoms with Crippen molar-refractivity contribution in [2.75, 3.05) is 32.0 Å². The molecule has 7 nitrogen and oxygen atoms in total. The van der Waals surface area contributed by atoms with E-state index in [1.807, 2.05) is 0 Å². The molecule has 0 aromatic heterocycles. The zero-order chi connectivity index (χ0) is 14.1. The molecule has 1 heterocycles. The number of nitrogens with one attached hydrogen (secondary N) is 2. The molecule has 0 aromatic rings. The second kappa shape index (κ2) is 8.34. The molecular formula is C11H24N4O3S. The van der Waals surface area contributed by atoms with Gasteiger partial charge in [-0.2, -0.15) is 0 Å². The summed E-state index contributed by atoms with van der Waals surface area (Å²) in [5.74, 6) is 0.486. The Hall–Kier alpha value is -0.860. The Labute approximate surface area is 115 Å². The van der Waals surface area contributed by atoms with Crippen molar-refractivity contribution in [1.82, 2.24) is 10.0 Å². The predicted molar refractivity (Wildman–Crippen MR) is 75.5 cm³/mol. The Morgan fingerprint density at radius 2 is 2.26 bits per heavy atom. The second-order valence-corrected chi connectivity index (χ2v) is 6.53. The summed E-state index contributed by atoms with van der Waals surface area (Å²) in [5, 5.41) is 2.95. The third-order valence-corrected chi connectivity index (χ3v) is 4.25. The summed E-state index contributed by atoms with van der Waals surface area (Å²) in [6.07, 6.45) is 2.98. The lowest BCUT2D eigenvalue weighted by atomic mass is 10.2. The maximum atomic E-state index is 11.2. The highest BCUT2D eigenvalue weighted by Crippen LogP contribution is 2.11. The summed E-state index contributed by atoms with van der Waals surface area (Å²) < 4.78 is 30.2. The largest absolute Gasteiger partial charge is 0.376 e. The van der Waals surface area contributed by atoms with Crippen LogP contribution in [0.4, 0.5) is 0 Å².